The molecule has 10 nitrogen and oxygen atoms in total. The Bertz CT molecular complexity index is 1260. The van der Waals surface area contributed by atoms with Gasteiger partial charge in [-0.25, -0.2) is 9.59 Å². The van der Waals surface area contributed by atoms with Crippen LogP contribution in [0.25, 0.3) is 10.9 Å². The van der Waals surface area contributed by atoms with Gasteiger partial charge in [0.2, 0.25) is 11.8 Å². The van der Waals surface area contributed by atoms with E-state index in [9.17, 15) is 19.2 Å². The Labute approximate surface area is 254 Å². The second-order valence-electron chi connectivity index (χ2n) is 13.0. The van der Waals surface area contributed by atoms with Gasteiger partial charge in [-0.1, -0.05) is 18.2 Å². The number of piperidine rings is 2. The van der Waals surface area contributed by atoms with E-state index in [1.165, 1.54) is 18.1 Å². The number of fused-ring (bicyclic) bond motifs is 1. The third-order valence-corrected chi connectivity index (χ3v) is 8.59. The zero-order valence-corrected chi connectivity index (χ0v) is 26.2. The highest BCUT2D eigenvalue weighted by Gasteiger charge is 2.32. The molecule has 0 spiro atoms. The molecule has 0 radical (unpaired) electrons. The first kappa shape index (κ1) is 32.4. The number of carbonyl (C=O) groups excluding carboxylic acids is 4. The van der Waals surface area contributed by atoms with E-state index in [1.807, 2.05) is 45.2 Å². The number of benzene rings is 1. The largest absolute Gasteiger partial charge is 0.467 e. The number of ether oxygens (including phenoxy) is 2. The van der Waals surface area contributed by atoms with Gasteiger partial charge in [0.1, 0.15) is 11.6 Å². The van der Waals surface area contributed by atoms with Crippen molar-refractivity contribution in [3.63, 3.8) is 0 Å². The van der Waals surface area contributed by atoms with Crippen LogP contribution >= 0.6 is 0 Å². The average Bonchev–Trinajstić information content (AvgIpc) is 3.41. The number of aryl methyl sites for hydroxylation is 1. The van der Waals surface area contributed by atoms with Crippen molar-refractivity contribution < 1.29 is 28.7 Å². The molecule has 2 atom stereocenters. The fourth-order valence-electron chi connectivity index (χ4n) is 6.15. The zero-order valence-electron chi connectivity index (χ0n) is 26.2. The number of nitrogens with one attached hydrogen (secondary N) is 2. The molecular weight excluding hydrogens is 548 g/mol. The third-order valence-electron chi connectivity index (χ3n) is 8.59. The normalized spacial score (nSPS) is 18.7. The van der Waals surface area contributed by atoms with E-state index in [0.29, 0.717) is 57.8 Å². The van der Waals surface area contributed by atoms with Gasteiger partial charge < -0.3 is 29.6 Å². The molecule has 236 valence electrons. The van der Waals surface area contributed by atoms with Crippen LogP contribution in [0.2, 0.25) is 0 Å². The van der Waals surface area contributed by atoms with Crippen molar-refractivity contribution >= 4 is 34.8 Å². The molecule has 2 fully saturated rings. The van der Waals surface area contributed by atoms with Crippen LogP contribution in [0.4, 0.5) is 4.79 Å². The van der Waals surface area contributed by atoms with Crippen LogP contribution < -0.4 is 5.32 Å². The van der Waals surface area contributed by atoms with Crippen LogP contribution in [0.15, 0.2) is 30.5 Å². The Kier molecular flexibility index (Phi) is 11.1. The number of rotatable bonds is 10. The molecule has 3 amide bonds. The molecule has 0 bridgehead atoms. The third kappa shape index (κ3) is 9.21. The van der Waals surface area contributed by atoms with Crippen molar-refractivity contribution in [2.75, 3.05) is 33.3 Å². The Morgan fingerprint density at radius 1 is 1.05 bits per heavy atom. The van der Waals surface area contributed by atoms with Crippen molar-refractivity contribution in [3.05, 3.63) is 36.0 Å². The highest BCUT2D eigenvalue weighted by atomic mass is 16.6. The summed E-state index contributed by atoms with van der Waals surface area (Å²) in [6, 6.07) is 7.38. The van der Waals surface area contributed by atoms with Crippen LogP contribution in [0.1, 0.15) is 77.7 Å². The molecule has 2 N–H and O–H groups in total. The number of methoxy groups -OCH3 is 1. The predicted molar refractivity (Wildman–Crippen MR) is 164 cm³/mol. The lowest BCUT2D eigenvalue weighted by Crippen LogP contribution is -2.49. The number of aromatic nitrogens is 1. The molecule has 1 unspecified atom stereocenters. The fraction of sp³-hybridized carbons (Fsp3) is 0.636. The van der Waals surface area contributed by atoms with E-state index in [2.05, 4.69) is 16.4 Å². The van der Waals surface area contributed by atoms with Crippen LogP contribution in [-0.2, 0) is 30.3 Å². The number of nitrogens with zero attached hydrogens (tertiary/aromatic N) is 2. The zero-order chi connectivity index (χ0) is 31.0. The molecule has 1 aromatic heterocycles. The predicted octanol–water partition coefficient (Wildman–Crippen LogP) is 4.81. The number of hydrogen-bond donors (Lipinski definition) is 2. The summed E-state index contributed by atoms with van der Waals surface area (Å²) in [5, 5.41) is 4.09. The minimum Gasteiger partial charge on any atom is -0.467 e. The molecule has 2 saturated heterocycles. The maximum absolute atomic E-state index is 13.2. The SMILES string of the molecule is COC(=O)C(CCCc1c[nH]c2ccccc12)NC(=O)[C@@H]1CCCN(C(=O)CCC2CCN(C(=O)OC(C)(C)C)CC2)C1. The minimum atomic E-state index is -0.722. The standard InChI is InChI=1S/C33H48N4O6/c1-33(2,3)43-32(41)36-19-16-23(17-20-36)14-15-29(38)37-18-8-10-25(22-37)30(39)35-28(31(40)42-4)13-7-9-24-21-34-27-12-6-5-11-26(24)27/h5-6,11-12,21,23,25,28,34H,7-10,13-20,22H2,1-4H3,(H,35,39)/t25-,28?/m1/s1. The Hall–Kier alpha value is -3.56. The van der Waals surface area contributed by atoms with E-state index in [-0.39, 0.29) is 23.8 Å². The first-order valence-electron chi connectivity index (χ1n) is 15.7. The monoisotopic (exact) mass is 596 g/mol. The van der Waals surface area contributed by atoms with Gasteiger partial charge >= 0.3 is 12.1 Å². The molecule has 1 aromatic carbocycles. The molecular formula is C33H48N4O6. The van der Waals surface area contributed by atoms with Crippen LogP contribution in [0.5, 0.6) is 0 Å². The lowest BCUT2D eigenvalue weighted by molar-refractivity contribution is -0.146. The van der Waals surface area contributed by atoms with Crippen molar-refractivity contribution in [2.45, 2.75) is 90.2 Å². The number of esters is 1. The number of H-pyrrole nitrogens is 1. The molecule has 2 aliphatic rings. The van der Waals surface area contributed by atoms with Gasteiger partial charge in [0, 0.05) is 49.7 Å². The van der Waals surface area contributed by atoms with Gasteiger partial charge in [0.05, 0.1) is 13.0 Å². The van der Waals surface area contributed by atoms with E-state index >= 15 is 0 Å². The summed E-state index contributed by atoms with van der Waals surface area (Å²) in [6.45, 7) is 7.89. The number of aromatic amines is 1. The average molecular weight is 597 g/mol. The molecule has 2 aliphatic heterocycles. The summed E-state index contributed by atoms with van der Waals surface area (Å²) in [7, 11) is 1.34. The molecule has 43 heavy (non-hydrogen) atoms. The molecule has 10 heteroatoms. The van der Waals surface area contributed by atoms with Gasteiger partial charge in [0.15, 0.2) is 0 Å². The van der Waals surface area contributed by atoms with Gasteiger partial charge in [-0.2, -0.15) is 0 Å². The Morgan fingerprint density at radius 3 is 2.51 bits per heavy atom. The highest BCUT2D eigenvalue weighted by molar-refractivity contribution is 5.86. The van der Waals surface area contributed by atoms with Crippen molar-refractivity contribution in [3.8, 4) is 0 Å². The van der Waals surface area contributed by atoms with Crippen LogP contribution in [0.3, 0.4) is 0 Å². The number of para-hydroxylation sites is 1. The topological polar surface area (TPSA) is 121 Å². The summed E-state index contributed by atoms with van der Waals surface area (Å²) < 4.78 is 10.5. The summed E-state index contributed by atoms with van der Waals surface area (Å²) in [5.74, 6) is -0.550. The van der Waals surface area contributed by atoms with E-state index in [1.54, 1.807) is 9.80 Å². The fourth-order valence-corrected chi connectivity index (χ4v) is 6.15. The minimum absolute atomic E-state index is 0.0651. The molecule has 4 rings (SSSR count). The molecule has 2 aromatic rings. The molecule has 3 heterocycles. The second kappa shape index (κ2) is 14.8. The number of hydrogen-bond acceptors (Lipinski definition) is 6. The van der Waals surface area contributed by atoms with E-state index < -0.39 is 17.6 Å². The van der Waals surface area contributed by atoms with E-state index in [4.69, 9.17) is 9.47 Å². The molecule has 0 saturated carbocycles. The number of carbonyl (C=O) groups is 4. The van der Waals surface area contributed by atoms with Crippen LogP contribution in [-0.4, -0.2) is 83.6 Å². The number of likely N-dealkylation sites (tertiary alicyclic amines) is 2. The first-order valence-corrected chi connectivity index (χ1v) is 15.7. The Balaban J connectivity index is 1.21. The Morgan fingerprint density at radius 2 is 1.79 bits per heavy atom. The molecule has 0 aliphatic carbocycles. The summed E-state index contributed by atoms with van der Waals surface area (Å²) in [6.07, 6.45) is 8.04. The van der Waals surface area contributed by atoms with Gasteiger partial charge in [-0.15, -0.1) is 0 Å². The quantitative estimate of drug-likeness (QED) is 0.380. The van der Waals surface area contributed by atoms with Gasteiger partial charge in [-0.3, -0.25) is 9.59 Å². The van der Waals surface area contributed by atoms with Crippen LogP contribution in [0, 0.1) is 11.8 Å². The lowest BCUT2D eigenvalue weighted by Gasteiger charge is -2.35. The van der Waals surface area contributed by atoms with Gasteiger partial charge in [0.25, 0.3) is 0 Å². The lowest BCUT2D eigenvalue weighted by atomic mass is 9.91. The maximum Gasteiger partial charge on any atom is 0.410 e. The summed E-state index contributed by atoms with van der Waals surface area (Å²) in [4.78, 5) is 58.0. The van der Waals surface area contributed by atoms with E-state index in [0.717, 1.165) is 37.6 Å². The second-order valence-corrected chi connectivity index (χ2v) is 13.0. The first-order chi connectivity index (χ1) is 20.5. The van der Waals surface area contributed by atoms with Crippen molar-refractivity contribution in [1.82, 2.24) is 20.1 Å². The van der Waals surface area contributed by atoms with Gasteiger partial charge in [-0.05, 0) is 89.7 Å². The number of amides is 3. The maximum atomic E-state index is 13.2. The van der Waals surface area contributed by atoms with Crippen molar-refractivity contribution in [2.24, 2.45) is 11.8 Å². The smallest absolute Gasteiger partial charge is 0.410 e. The van der Waals surface area contributed by atoms with Crippen molar-refractivity contribution in [1.29, 1.82) is 0 Å². The highest BCUT2D eigenvalue weighted by Crippen LogP contribution is 2.25. The summed E-state index contributed by atoms with van der Waals surface area (Å²) >= 11 is 0. The summed E-state index contributed by atoms with van der Waals surface area (Å²) in [5.41, 5.74) is 1.75.